The van der Waals surface area contributed by atoms with Crippen LogP contribution in [0.4, 0.5) is 0 Å². The second-order valence-electron chi connectivity index (χ2n) is 9.92. The van der Waals surface area contributed by atoms with Gasteiger partial charge in [0.15, 0.2) is 15.5 Å². The number of fused-ring (bicyclic) bond motifs is 3. The van der Waals surface area contributed by atoms with Gasteiger partial charge in [0.25, 0.3) is 5.91 Å². The highest BCUT2D eigenvalue weighted by Crippen LogP contribution is 2.44. The van der Waals surface area contributed by atoms with E-state index in [2.05, 4.69) is 29.2 Å². The van der Waals surface area contributed by atoms with Crippen molar-refractivity contribution >= 4 is 27.5 Å². The largest absolute Gasteiger partial charge is 0.378 e. The number of carbonyl (C=O) groups is 1. The lowest BCUT2D eigenvalue weighted by Crippen LogP contribution is -2.41. The number of amides is 1. The lowest BCUT2D eigenvalue weighted by molar-refractivity contribution is 0.0298. The summed E-state index contributed by atoms with van der Waals surface area (Å²) in [5, 5.41) is 4.64. The van der Waals surface area contributed by atoms with E-state index in [-0.39, 0.29) is 11.2 Å². The van der Waals surface area contributed by atoms with Crippen LogP contribution in [0, 0.1) is 0 Å². The van der Waals surface area contributed by atoms with Crippen molar-refractivity contribution in [2.45, 2.75) is 28.9 Å². The van der Waals surface area contributed by atoms with Crippen molar-refractivity contribution < 1.29 is 17.9 Å². The minimum Gasteiger partial charge on any atom is -0.378 e. The maximum Gasteiger partial charge on any atom is 0.274 e. The summed E-state index contributed by atoms with van der Waals surface area (Å²) >= 11 is 1.74. The Morgan fingerprint density at radius 3 is 2.70 bits per heavy atom. The van der Waals surface area contributed by atoms with Gasteiger partial charge in [0.1, 0.15) is 0 Å². The molecule has 8 nitrogen and oxygen atoms in total. The third-order valence-electron chi connectivity index (χ3n) is 7.39. The minimum absolute atomic E-state index is 0.0432. The van der Waals surface area contributed by atoms with Crippen LogP contribution >= 0.6 is 11.8 Å². The molecule has 0 bridgehead atoms. The highest BCUT2D eigenvalue weighted by atomic mass is 32.2. The summed E-state index contributed by atoms with van der Waals surface area (Å²) in [6, 6.07) is 16.5. The lowest BCUT2D eigenvalue weighted by atomic mass is 10.0. The standard InChI is InChI=1S/C27H30N4O4S2/c1-37(33,34)21-9-10-29(17-21)16-19-5-4-6-20(15-19)31-26-22-7-2-3-8-24(22)36-18-23(26)25(28-31)27(32)30-11-13-35-14-12-30/h2-8,15,21H,9-14,16-18H2,1H3. The van der Waals surface area contributed by atoms with Gasteiger partial charge in [-0.25, -0.2) is 13.1 Å². The van der Waals surface area contributed by atoms with E-state index in [1.807, 2.05) is 33.8 Å². The molecule has 6 rings (SSSR count). The summed E-state index contributed by atoms with van der Waals surface area (Å²) in [4.78, 5) is 18.8. The van der Waals surface area contributed by atoms with Crippen molar-refractivity contribution in [3.8, 4) is 16.9 Å². The molecular weight excluding hydrogens is 508 g/mol. The summed E-state index contributed by atoms with van der Waals surface area (Å²) in [6.07, 6.45) is 2.00. The molecule has 3 aromatic rings. The number of likely N-dealkylation sites (tertiary alicyclic amines) is 1. The Hall–Kier alpha value is -2.66. The highest BCUT2D eigenvalue weighted by Gasteiger charge is 2.32. The van der Waals surface area contributed by atoms with Crippen LogP contribution in [0.2, 0.25) is 0 Å². The molecule has 0 aliphatic carbocycles. The van der Waals surface area contributed by atoms with E-state index < -0.39 is 9.84 Å². The quantitative estimate of drug-likeness (QED) is 0.493. The SMILES string of the molecule is CS(=O)(=O)C1CCN(Cc2cccc(-n3nc(C(=O)N4CCOCC4)c4c3-c3ccccc3SC4)c2)C1. The Kier molecular flexibility index (Phi) is 6.60. The monoisotopic (exact) mass is 538 g/mol. The molecule has 1 amide bonds. The Morgan fingerprint density at radius 1 is 1.11 bits per heavy atom. The molecule has 0 spiro atoms. The van der Waals surface area contributed by atoms with E-state index >= 15 is 0 Å². The number of carbonyl (C=O) groups excluding carboxylic acids is 1. The molecule has 3 aliphatic heterocycles. The van der Waals surface area contributed by atoms with E-state index in [0.29, 0.717) is 57.3 Å². The predicted octanol–water partition coefficient (Wildman–Crippen LogP) is 3.24. The molecule has 2 fully saturated rings. The molecular formula is C27H30N4O4S2. The average molecular weight is 539 g/mol. The molecule has 4 heterocycles. The Bertz CT molecular complexity index is 1450. The third-order valence-corrected chi connectivity index (χ3v) is 10.1. The first-order valence-electron chi connectivity index (χ1n) is 12.6. The molecule has 10 heteroatoms. The van der Waals surface area contributed by atoms with Gasteiger partial charge in [-0.05, 0) is 36.7 Å². The van der Waals surface area contributed by atoms with Gasteiger partial charge >= 0.3 is 0 Å². The first-order valence-corrected chi connectivity index (χ1v) is 15.5. The van der Waals surface area contributed by atoms with E-state index in [9.17, 15) is 13.2 Å². The molecule has 0 saturated carbocycles. The number of sulfone groups is 1. The predicted molar refractivity (Wildman–Crippen MR) is 144 cm³/mol. The number of aromatic nitrogens is 2. The van der Waals surface area contributed by atoms with E-state index in [4.69, 9.17) is 9.84 Å². The van der Waals surface area contributed by atoms with E-state index in [1.54, 1.807) is 11.8 Å². The van der Waals surface area contributed by atoms with Crippen LogP contribution in [0.1, 0.15) is 28.0 Å². The topological polar surface area (TPSA) is 84.7 Å². The first kappa shape index (κ1) is 24.7. The highest BCUT2D eigenvalue weighted by molar-refractivity contribution is 7.98. The molecule has 2 saturated heterocycles. The van der Waals surface area contributed by atoms with Gasteiger partial charge < -0.3 is 9.64 Å². The van der Waals surface area contributed by atoms with Crippen molar-refractivity contribution in [1.29, 1.82) is 0 Å². The summed E-state index contributed by atoms with van der Waals surface area (Å²) in [6.45, 7) is 4.24. The molecule has 0 radical (unpaired) electrons. The fourth-order valence-corrected chi connectivity index (χ4v) is 7.50. The van der Waals surface area contributed by atoms with Crippen molar-refractivity contribution in [1.82, 2.24) is 19.6 Å². The second-order valence-corrected chi connectivity index (χ2v) is 13.3. The molecule has 1 unspecified atom stereocenters. The first-order chi connectivity index (χ1) is 17.9. The van der Waals surface area contributed by atoms with E-state index in [0.717, 1.165) is 34.6 Å². The van der Waals surface area contributed by atoms with Gasteiger partial charge in [-0.3, -0.25) is 9.69 Å². The van der Waals surface area contributed by atoms with Crippen molar-refractivity contribution in [3.63, 3.8) is 0 Å². The number of ether oxygens (including phenoxy) is 1. The summed E-state index contributed by atoms with van der Waals surface area (Å²) < 4.78 is 31.4. The normalized spacial score (nSPS) is 20.0. The van der Waals surface area contributed by atoms with Gasteiger partial charge in [-0.15, -0.1) is 11.8 Å². The van der Waals surface area contributed by atoms with Gasteiger partial charge in [-0.2, -0.15) is 5.10 Å². The Morgan fingerprint density at radius 2 is 1.92 bits per heavy atom. The Labute approximate surface area is 221 Å². The molecule has 1 atom stereocenters. The maximum atomic E-state index is 13.6. The minimum atomic E-state index is -3.03. The zero-order valence-corrected chi connectivity index (χ0v) is 22.4. The van der Waals surface area contributed by atoms with Crippen LogP contribution in [0.3, 0.4) is 0 Å². The van der Waals surface area contributed by atoms with Crippen LogP contribution in [0.5, 0.6) is 0 Å². The molecule has 194 valence electrons. The fourth-order valence-electron chi connectivity index (χ4n) is 5.41. The molecule has 0 N–H and O–H groups in total. The van der Waals surface area contributed by atoms with Crippen LogP contribution in [0.15, 0.2) is 53.4 Å². The molecule has 1 aromatic heterocycles. The van der Waals surface area contributed by atoms with Gasteiger partial charge in [0.05, 0.1) is 29.8 Å². The summed E-state index contributed by atoms with van der Waals surface area (Å²) in [5.41, 5.74) is 5.54. The zero-order chi connectivity index (χ0) is 25.6. The van der Waals surface area contributed by atoms with Crippen LogP contribution < -0.4 is 0 Å². The molecule has 2 aromatic carbocycles. The summed E-state index contributed by atoms with van der Waals surface area (Å²) in [5.74, 6) is 0.649. The zero-order valence-electron chi connectivity index (χ0n) is 20.8. The van der Waals surface area contributed by atoms with Gasteiger partial charge in [0, 0.05) is 54.2 Å². The number of thioether (sulfide) groups is 1. The van der Waals surface area contributed by atoms with Crippen LogP contribution in [-0.2, 0) is 26.9 Å². The number of rotatable bonds is 5. The van der Waals surface area contributed by atoms with Crippen LogP contribution in [0.25, 0.3) is 16.9 Å². The van der Waals surface area contributed by atoms with E-state index in [1.165, 1.54) is 11.2 Å². The number of morpholine rings is 1. The average Bonchev–Trinajstić information content (AvgIpc) is 3.54. The second kappa shape index (κ2) is 9.90. The fraction of sp³-hybridized carbons (Fsp3) is 0.407. The molecule has 3 aliphatic rings. The van der Waals surface area contributed by atoms with Crippen molar-refractivity contribution in [2.75, 3.05) is 45.6 Å². The maximum absolute atomic E-state index is 13.6. The smallest absolute Gasteiger partial charge is 0.274 e. The van der Waals surface area contributed by atoms with Crippen LogP contribution in [-0.4, -0.2) is 84.8 Å². The number of hydrogen-bond donors (Lipinski definition) is 0. The third kappa shape index (κ3) is 4.83. The molecule has 37 heavy (non-hydrogen) atoms. The van der Waals surface area contributed by atoms with Crippen molar-refractivity contribution in [2.24, 2.45) is 0 Å². The number of hydrogen-bond acceptors (Lipinski definition) is 7. The van der Waals surface area contributed by atoms with Crippen molar-refractivity contribution in [3.05, 3.63) is 65.4 Å². The van der Waals surface area contributed by atoms with Gasteiger partial charge in [0.2, 0.25) is 0 Å². The lowest BCUT2D eigenvalue weighted by Gasteiger charge is -2.26. The number of benzene rings is 2. The number of nitrogens with zero attached hydrogens (tertiary/aromatic N) is 4. The summed E-state index contributed by atoms with van der Waals surface area (Å²) in [7, 11) is -3.03. The van der Waals surface area contributed by atoms with Gasteiger partial charge in [-0.1, -0.05) is 30.3 Å². The Balaban J connectivity index is 1.37.